The second kappa shape index (κ2) is 6.84. The summed E-state index contributed by atoms with van der Waals surface area (Å²) in [5.41, 5.74) is 0.444. The number of tetrazole rings is 1. The van der Waals surface area contributed by atoms with Crippen LogP contribution in [0, 0.1) is 5.92 Å². The number of benzene rings is 1. The Kier molecular flexibility index (Phi) is 4.56. The Morgan fingerprint density at radius 2 is 2.00 bits per heavy atom. The first-order valence-electron chi connectivity index (χ1n) is 9.44. The van der Waals surface area contributed by atoms with E-state index in [9.17, 15) is 5.11 Å². The second-order valence-electron chi connectivity index (χ2n) is 7.73. The van der Waals surface area contributed by atoms with E-state index in [-0.39, 0.29) is 0 Å². The maximum atomic E-state index is 10.9. The van der Waals surface area contributed by atoms with Gasteiger partial charge in [0, 0.05) is 12.0 Å². The molecule has 3 unspecified atom stereocenters. The Hall–Kier alpha value is -1.79. The first-order valence-corrected chi connectivity index (χ1v) is 9.44. The van der Waals surface area contributed by atoms with Crippen LogP contribution in [0.4, 0.5) is 0 Å². The lowest BCUT2D eigenvalue weighted by Crippen LogP contribution is -2.48. The number of aromatic nitrogens is 4. The predicted octanol–water partition coefficient (Wildman–Crippen LogP) is 2.57. The Morgan fingerprint density at radius 1 is 1.16 bits per heavy atom. The Balaban J connectivity index is 1.54. The lowest BCUT2D eigenvalue weighted by atomic mass is 9.72. The monoisotopic (exact) mass is 341 g/mol. The number of rotatable bonds is 4. The maximum Gasteiger partial charge on any atom is 0.170 e. The van der Waals surface area contributed by atoms with Crippen molar-refractivity contribution < 1.29 is 5.11 Å². The highest BCUT2D eigenvalue weighted by atomic mass is 16.3. The topological polar surface area (TPSA) is 67.1 Å². The molecule has 2 aliphatic rings. The predicted molar refractivity (Wildman–Crippen MR) is 95.2 cm³/mol. The van der Waals surface area contributed by atoms with E-state index in [1.807, 2.05) is 41.9 Å². The van der Waals surface area contributed by atoms with Gasteiger partial charge in [-0.2, -0.15) is 4.68 Å². The van der Waals surface area contributed by atoms with Crippen LogP contribution < -0.4 is 0 Å². The molecule has 0 amide bonds. The molecule has 3 atom stereocenters. The Bertz CT molecular complexity index is 699. The van der Waals surface area contributed by atoms with Crippen LogP contribution in [0.1, 0.15) is 51.3 Å². The molecule has 1 aromatic heterocycles. The van der Waals surface area contributed by atoms with Gasteiger partial charge in [-0.15, -0.1) is 5.10 Å². The van der Waals surface area contributed by atoms with Crippen molar-refractivity contribution in [2.45, 2.75) is 63.6 Å². The first kappa shape index (κ1) is 16.7. The number of likely N-dealkylation sites (tertiary alicyclic amines) is 1. The summed E-state index contributed by atoms with van der Waals surface area (Å²) >= 11 is 0. The fourth-order valence-corrected chi connectivity index (χ4v) is 4.71. The van der Waals surface area contributed by atoms with Crippen molar-refractivity contribution in [3.8, 4) is 5.69 Å². The van der Waals surface area contributed by atoms with Gasteiger partial charge in [-0.25, -0.2) is 0 Å². The average Bonchev–Trinajstić information content (AvgIpc) is 3.25. The van der Waals surface area contributed by atoms with Gasteiger partial charge in [0.05, 0.1) is 17.8 Å². The van der Waals surface area contributed by atoms with Crippen LogP contribution in [0.25, 0.3) is 5.69 Å². The molecule has 6 nitrogen and oxygen atoms in total. The molecule has 6 heteroatoms. The van der Waals surface area contributed by atoms with Crippen LogP contribution in [-0.4, -0.2) is 48.4 Å². The van der Waals surface area contributed by atoms with Gasteiger partial charge in [0.2, 0.25) is 0 Å². The van der Waals surface area contributed by atoms with Gasteiger partial charge < -0.3 is 5.11 Å². The van der Waals surface area contributed by atoms with Gasteiger partial charge in [-0.1, -0.05) is 31.0 Å². The summed E-state index contributed by atoms with van der Waals surface area (Å²) < 4.78 is 1.83. The summed E-state index contributed by atoms with van der Waals surface area (Å²) in [4.78, 5) is 2.48. The first-order chi connectivity index (χ1) is 12.1. The lowest BCUT2D eigenvalue weighted by Gasteiger charge is -2.43. The van der Waals surface area contributed by atoms with E-state index >= 15 is 0 Å². The maximum absolute atomic E-state index is 10.9. The van der Waals surface area contributed by atoms with Crippen molar-refractivity contribution in [1.29, 1.82) is 0 Å². The zero-order valence-electron chi connectivity index (χ0n) is 14.9. The highest BCUT2D eigenvalue weighted by Gasteiger charge is 2.43. The highest BCUT2D eigenvalue weighted by molar-refractivity contribution is 5.30. The SMILES string of the molecule is CC1(O)CCCCC1C1CCCN1Cc1nnnn1-c1ccccc1. The van der Waals surface area contributed by atoms with E-state index in [1.165, 1.54) is 12.8 Å². The van der Waals surface area contributed by atoms with Crippen LogP contribution in [0.5, 0.6) is 0 Å². The molecule has 0 radical (unpaired) electrons. The lowest BCUT2D eigenvalue weighted by molar-refractivity contribution is -0.0631. The number of hydrogen-bond acceptors (Lipinski definition) is 5. The molecule has 1 aliphatic heterocycles. The molecule has 1 aliphatic carbocycles. The molecule has 134 valence electrons. The van der Waals surface area contributed by atoms with E-state index in [0.717, 1.165) is 50.3 Å². The standard InChI is InChI=1S/C19H27N5O/c1-19(25)12-6-5-10-16(19)17-11-7-13-23(17)14-18-20-21-22-24(18)15-8-3-2-4-9-15/h2-4,8-9,16-17,25H,5-7,10-14H2,1H3. The van der Waals surface area contributed by atoms with Gasteiger partial charge in [-0.3, -0.25) is 4.90 Å². The van der Waals surface area contributed by atoms with Crippen molar-refractivity contribution in [2.75, 3.05) is 6.54 Å². The van der Waals surface area contributed by atoms with E-state index in [1.54, 1.807) is 0 Å². The van der Waals surface area contributed by atoms with Gasteiger partial charge in [0.25, 0.3) is 0 Å². The minimum Gasteiger partial charge on any atom is -0.390 e. The quantitative estimate of drug-likeness (QED) is 0.926. The third kappa shape index (κ3) is 3.33. The summed E-state index contributed by atoms with van der Waals surface area (Å²) in [5.74, 6) is 1.22. The fraction of sp³-hybridized carbons (Fsp3) is 0.632. The van der Waals surface area contributed by atoms with E-state index in [2.05, 4.69) is 20.4 Å². The molecular weight excluding hydrogens is 314 g/mol. The van der Waals surface area contributed by atoms with Gasteiger partial charge in [0.1, 0.15) is 0 Å². The van der Waals surface area contributed by atoms with Crippen molar-refractivity contribution in [3.63, 3.8) is 0 Å². The molecule has 0 spiro atoms. The molecule has 0 bridgehead atoms. The summed E-state index contributed by atoms with van der Waals surface area (Å²) in [5, 5.41) is 23.2. The summed E-state index contributed by atoms with van der Waals surface area (Å²) in [6.07, 6.45) is 6.76. The Labute approximate surface area is 148 Å². The van der Waals surface area contributed by atoms with Crippen molar-refractivity contribution >= 4 is 0 Å². The summed E-state index contributed by atoms with van der Waals surface area (Å²) in [7, 11) is 0. The molecule has 2 fully saturated rings. The Morgan fingerprint density at radius 3 is 2.80 bits per heavy atom. The number of hydrogen-bond donors (Lipinski definition) is 1. The van der Waals surface area contributed by atoms with E-state index in [0.29, 0.717) is 12.0 Å². The largest absolute Gasteiger partial charge is 0.390 e. The summed E-state index contributed by atoms with van der Waals surface area (Å²) in [6.45, 7) is 3.82. The molecule has 1 saturated carbocycles. The minimum atomic E-state index is -0.545. The van der Waals surface area contributed by atoms with Gasteiger partial charge in [-0.05, 0) is 61.7 Å². The molecule has 1 N–H and O–H groups in total. The molecule has 2 aromatic rings. The number of nitrogens with zero attached hydrogens (tertiary/aromatic N) is 5. The van der Waals surface area contributed by atoms with Crippen molar-refractivity contribution in [3.05, 3.63) is 36.2 Å². The van der Waals surface area contributed by atoms with Crippen LogP contribution in [0.3, 0.4) is 0 Å². The smallest absolute Gasteiger partial charge is 0.170 e. The minimum absolute atomic E-state index is 0.352. The average molecular weight is 341 g/mol. The van der Waals surface area contributed by atoms with Gasteiger partial charge in [0.15, 0.2) is 5.82 Å². The second-order valence-corrected chi connectivity index (χ2v) is 7.73. The summed E-state index contributed by atoms with van der Waals surface area (Å²) in [6, 6.07) is 10.5. The van der Waals surface area contributed by atoms with Crippen LogP contribution in [-0.2, 0) is 6.54 Å². The zero-order valence-corrected chi connectivity index (χ0v) is 14.9. The molecule has 1 saturated heterocycles. The molecule has 2 heterocycles. The molecular formula is C19H27N5O. The van der Waals surface area contributed by atoms with Crippen molar-refractivity contribution in [2.24, 2.45) is 5.92 Å². The normalized spacial score (nSPS) is 30.6. The van der Waals surface area contributed by atoms with Gasteiger partial charge >= 0.3 is 0 Å². The third-order valence-electron chi connectivity index (χ3n) is 6.00. The van der Waals surface area contributed by atoms with Crippen LogP contribution >= 0.6 is 0 Å². The van der Waals surface area contributed by atoms with E-state index < -0.39 is 5.60 Å². The van der Waals surface area contributed by atoms with Crippen molar-refractivity contribution in [1.82, 2.24) is 25.1 Å². The van der Waals surface area contributed by atoms with Crippen LogP contribution in [0.15, 0.2) is 30.3 Å². The number of aliphatic hydroxyl groups is 1. The van der Waals surface area contributed by atoms with E-state index in [4.69, 9.17) is 0 Å². The third-order valence-corrected chi connectivity index (χ3v) is 6.00. The molecule has 25 heavy (non-hydrogen) atoms. The fourth-order valence-electron chi connectivity index (χ4n) is 4.71. The highest BCUT2D eigenvalue weighted by Crippen LogP contribution is 2.41. The molecule has 4 rings (SSSR count). The number of para-hydroxylation sites is 1. The zero-order chi connectivity index (χ0) is 17.3. The molecule has 1 aromatic carbocycles. The van der Waals surface area contributed by atoms with Crippen LogP contribution in [0.2, 0.25) is 0 Å².